The molecule has 0 amide bonds. The molecule has 1 fully saturated rings. The average Bonchev–Trinajstić information content (AvgIpc) is 2.35. The first-order valence-electron chi connectivity index (χ1n) is 8.16. The summed E-state index contributed by atoms with van der Waals surface area (Å²) in [6, 6.07) is 0.648. The minimum Gasteiger partial charge on any atom is -0.393 e. The fraction of sp³-hybridized carbons (Fsp3) is 1.00. The van der Waals surface area contributed by atoms with Crippen molar-refractivity contribution >= 4 is 0 Å². The van der Waals surface area contributed by atoms with Crippen molar-refractivity contribution in [2.24, 2.45) is 0 Å². The SMILES string of the molecule is CCCCCCCCN1CCCCC1CC(C)O. The summed E-state index contributed by atoms with van der Waals surface area (Å²) in [7, 11) is 0. The van der Waals surface area contributed by atoms with Gasteiger partial charge in [0, 0.05) is 6.04 Å². The number of hydrogen-bond acceptors (Lipinski definition) is 2. The number of rotatable bonds is 9. The van der Waals surface area contributed by atoms with Crippen LogP contribution in [0.3, 0.4) is 0 Å². The second-order valence-electron chi connectivity index (χ2n) is 6.04. The molecule has 1 rings (SSSR count). The molecule has 2 heteroatoms. The number of hydrogen-bond donors (Lipinski definition) is 1. The van der Waals surface area contributed by atoms with Crippen molar-refractivity contribution in [3.8, 4) is 0 Å². The molecule has 0 bridgehead atoms. The van der Waals surface area contributed by atoms with Crippen molar-refractivity contribution in [1.82, 2.24) is 4.90 Å². The van der Waals surface area contributed by atoms with Crippen LogP contribution in [0.25, 0.3) is 0 Å². The van der Waals surface area contributed by atoms with Crippen LogP contribution in [0.15, 0.2) is 0 Å². The summed E-state index contributed by atoms with van der Waals surface area (Å²) in [5.74, 6) is 0. The van der Waals surface area contributed by atoms with Crippen LogP contribution in [0.5, 0.6) is 0 Å². The molecule has 1 heterocycles. The third-order valence-electron chi connectivity index (χ3n) is 4.16. The molecular weight excluding hydrogens is 222 g/mol. The summed E-state index contributed by atoms with van der Waals surface area (Å²) in [6.45, 7) is 6.71. The number of aliphatic hydroxyl groups excluding tert-OH is 1. The lowest BCUT2D eigenvalue weighted by Gasteiger charge is -2.36. The Kier molecular flexibility index (Phi) is 8.70. The Balaban J connectivity index is 2.13. The number of likely N-dealkylation sites (tertiary alicyclic amines) is 1. The van der Waals surface area contributed by atoms with Gasteiger partial charge in [-0.15, -0.1) is 0 Å². The van der Waals surface area contributed by atoms with Gasteiger partial charge in [-0.2, -0.15) is 0 Å². The quantitative estimate of drug-likeness (QED) is 0.630. The fourth-order valence-corrected chi connectivity index (χ4v) is 3.11. The van der Waals surface area contributed by atoms with Crippen LogP contribution in [0, 0.1) is 0 Å². The van der Waals surface area contributed by atoms with E-state index in [1.54, 1.807) is 0 Å². The Labute approximate surface area is 114 Å². The minimum atomic E-state index is -0.139. The molecular formula is C16H33NO. The van der Waals surface area contributed by atoms with Gasteiger partial charge in [0.25, 0.3) is 0 Å². The lowest BCUT2D eigenvalue weighted by molar-refractivity contribution is 0.0855. The van der Waals surface area contributed by atoms with Gasteiger partial charge in [0.05, 0.1) is 6.10 Å². The van der Waals surface area contributed by atoms with E-state index in [0.29, 0.717) is 6.04 Å². The maximum atomic E-state index is 9.56. The topological polar surface area (TPSA) is 23.5 Å². The second-order valence-corrected chi connectivity index (χ2v) is 6.04. The monoisotopic (exact) mass is 255 g/mol. The number of nitrogens with zero attached hydrogens (tertiary/aromatic N) is 1. The Morgan fingerprint density at radius 1 is 1.11 bits per heavy atom. The van der Waals surface area contributed by atoms with Gasteiger partial charge < -0.3 is 10.0 Å². The smallest absolute Gasteiger partial charge is 0.0527 e. The van der Waals surface area contributed by atoms with Gasteiger partial charge in [-0.1, -0.05) is 45.4 Å². The van der Waals surface area contributed by atoms with E-state index >= 15 is 0 Å². The highest BCUT2D eigenvalue weighted by Crippen LogP contribution is 2.21. The minimum absolute atomic E-state index is 0.139. The molecule has 2 atom stereocenters. The normalized spacial score (nSPS) is 23.2. The Hall–Kier alpha value is -0.0800. The van der Waals surface area contributed by atoms with E-state index in [2.05, 4.69) is 11.8 Å². The van der Waals surface area contributed by atoms with Crippen molar-refractivity contribution in [1.29, 1.82) is 0 Å². The highest BCUT2D eigenvalue weighted by molar-refractivity contribution is 4.78. The van der Waals surface area contributed by atoms with E-state index in [-0.39, 0.29) is 6.10 Å². The van der Waals surface area contributed by atoms with Crippen molar-refractivity contribution in [2.45, 2.75) is 90.2 Å². The lowest BCUT2D eigenvalue weighted by Crippen LogP contribution is -2.41. The average molecular weight is 255 g/mol. The van der Waals surface area contributed by atoms with E-state index in [1.807, 2.05) is 6.92 Å². The zero-order chi connectivity index (χ0) is 13.2. The summed E-state index contributed by atoms with van der Waals surface area (Å²) in [6.07, 6.45) is 13.1. The summed E-state index contributed by atoms with van der Waals surface area (Å²) in [5, 5.41) is 9.56. The molecule has 0 aliphatic carbocycles. The zero-order valence-electron chi connectivity index (χ0n) is 12.5. The van der Waals surface area contributed by atoms with E-state index in [4.69, 9.17) is 0 Å². The van der Waals surface area contributed by atoms with Gasteiger partial charge in [0.1, 0.15) is 0 Å². The molecule has 18 heavy (non-hydrogen) atoms. The van der Waals surface area contributed by atoms with Crippen molar-refractivity contribution < 1.29 is 5.11 Å². The van der Waals surface area contributed by atoms with E-state index in [0.717, 1.165) is 6.42 Å². The van der Waals surface area contributed by atoms with Crippen LogP contribution >= 0.6 is 0 Å². The zero-order valence-corrected chi connectivity index (χ0v) is 12.5. The molecule has 1 N–H and O–H groups in total. The summed E-state index contributed by atoms with van der Waals surface area (Å²) >= 11 is 0. The molecule has 0 aromatic rings. The largest absolute Gasteiger partial charge is 0.393 e. The van der Waals surface area contributed by atoms with Crippen molar-refractivity contribution in [3.63, 3.8) is 0 Å². The van der Waals surface area contributed by atoms with Crippen molar-refractivity contribution in [2.75, 3.05) is 13.1 Å². The molecule has 0 saturated carbocycles. The van der Waals surface area contributed by atoms with E-state index in [1.165, 1.54) is 70.9 Å². The van der Waals surface area contributed by atoms with Gasteiger partial charge in [0.15, 0.2) is 0 Å². The molecule has 0 radical (unpaired) electrons. The number of aliphatic hydroxyl groups is 1. The third kappa shape index (κ3) is 6.75. The van der Waals surface area contributed by atoms with Crippen LogP contribution in [-0.2, 0) is 0 Å². The first kappa shape index (κ1) is 16.0. The van der Waals surface area contributed by atoms with Gasteiger partial charge in [0.2, 0.25) is 0 Å². The fourth-order valence-electron chi connectivity index (χ4n) is 3.11. The van der Waals surface area contributed by atoms with Crippen LogP contribution < -0.4 is 0 Å². The molecule has 0 aromatic heterocycles. The predicted molar refractivity (Wildman–Crippen MR) is 78.9 cm³/mol. The Bertz CT molecular complexity index is 194. The summed E-state index contributed by atoms with van der Waals surface area (Å²) in [5.41, 5.74) is 0. The molecule has 0 aromatic carbocycles. The van der Waals surface area contributed by atoms with Gasteiger partial charge in [-0.3, -0.25) is 0 Å². The van der Waals surface area contributed by atoms with Crippen LogP contribution in [0.4, 0.5) is 0 Å². The van der Waals surface area contributed by atoms with Crippen LogP contribution in [-0.4, -0.2) is 35.2 Å². The molecule has 1 saturated heterocycles. The molecule has 2 nitrogen and oxygen atoms in total. The predicted octanol–water partition coefficient (Wildman–Crippen LogP) is 3.97. The maximum Gasteiger partial charge on any atom is 0.0527 e. The Morgan fingerprint density at radius 3 is 2.56 bits per heavy atom. The standard InChI is InChI=1S/C16H33NO/c1-3-4-5-6-7-9-12-17-13-10-8-11-16(17)14-15(2)18/h15-16,18H,3-14H2,1-2H3. The molecule has 1 aliphatic rings. The highest BCUT2D eigenvalue weighted by atomic mass is 16.3. The lowest BCUT2D eigenvalue weighted by atomic mass is 9.97. The molecule has 1 aliphatic heterocycles. The Morgan fingerprint density at radius 2 is 1.83 bits per heavy atom. The van der Waals surface area contributed by atoms with Crippen molar-refractivity contribution in [3.05, 3.63) is 0 Å². The first-order chi connectivity index (χ1) is 8.74. The molecule has 2 unspecified atom stereocenters. The number of unbranched alkanes of at least 4 members (excludes halogenated alkanes) is 5. The van der Waals surface area contributed by atoms with E-state index < -0.39 is 0 Å². The summed E-state index contributed by atoms with van der Waals surface area (Å²) < 4.78 is 0. The maximum absolute atomic E-state index is 9.56. The van der Waals surface area contributed by atoms with Gasteiger partial charge in [-0.25, -0.2) is 0 Å². The van der Waals surface area contributed by atoms with E-state index in [9.17, 15) is 5.11 Å². The third-order valence-corrected chi connectivity index (χ3v) is 4.16. The number of piperidine rings is 1. The van der Waals surface area contributed by atoms with Gasteiger partial charge in [-0.05, 0) is 45.7 Å². The second kappa shape index (κ2) is 9.80. The summed E-state index contributed by atoms with van der Waals surface area (Å²) in [4.78, 5) is 2.63. The molecule has 0 spiro atoms. The van der Waals surface area contributed by atoms with Crippen LogP contribution in [0.2, 0.25) is 0 Å². The van der Waals surface area contributed by atoms with Gasteiger partial charge >= 0.3 is 0 Å². The first-order valence-corrected chi connectivity index (χ1v) is 8.16. The molecule has 108 valence electrons. The van der Waals surface area contributed by atoms with Crippen LogP contribution in [0.1, 0.15) is 78.1 Å². The highest BCUT2D eigenvalue weighted by Gasteiger charge is 2.22.